The molecular formula is C27H36N6O4. The maximum Gasteiger partial charge on any atom is 0.242 e. The second-order valence-corrected chi connectivity index (χ2v) is 8.86. The van der Waals surface area contributed by atoms with Crippen molar-refractivity contribution < 1.29 is 18.8 Å². The first-order valence-electron chi connectivity index (χ1n) is 12.4. The van der Waals surface area contributed by atoms with Crippen LogP contribution in [0.4, 0.5) is 0 Å². The number of amides is 3. The maximum atomic E-state index is 13.1. The number of carbonyl (C=O) groups excluding carboxylic acids is 3. The number of aryl methyl sites for hydroxylation is 1. The lowest BCUT2D eigenvalue weighted by Crippen LogP contribution is -2.53. The van der Waals surface area contributed by atoms with E-state index in [9.17, 15) is 14.4 Å². The number of benzene rings is 2. The van der Waals surface area contributed by atoms with Gasteiger partial charge in [0.05, 0.1) is 18.7 Å². The topological polar surface area (TPSA) is 170 Å². The summed E-state index contributed by atoms with van der Waals surface area (Å²) in [6.07, 6.45) is 2.36. The minimum Gasteiger partial charge on any atom is -0.464 e. The number of fused-ring (bicyclic) bond motifs is 1. The highest BCUT2D eigenvalue weighted by Gasteiger charge is 2.26. The molecule has 8 N–H and O–H groups in total. The fraction of sp³-hybridized carbons (Fsp3) is 0.370. The van der Waals surface area contributed by atoms with Crippen LogP contribution in [0.3, 0.4) is 0 Å². The Morgan fingerprint density at radius 3 is 2.35 bits per heavy atom. The van der Waals surface area contributed by atoms with Crippen molar-refractivity contribution in [3.05, 3.63) is 72.0 Å². The number of nitrogens with one attached hydrogen (secondary N) is 2. The van der Waals surface area contributed by atoms with Gasteiger partial charge in [0.25, 0.3) is 0 Å². The largest absolute Gasteiger partial charge is 0.464 e. The lowest BCUT2D eigenvalue weighted by Gasteiger charge is -2.24. The van der Waals surface area contributed by atoms with Crippen LogP contribution in [0, 0.1) is 0 Å². The van der Waals surface area contributed by atoms with Gasteiger partial charge in [-0.15, -0.1) is 0 Å². The molecule has 10 heteroatoms. The van der Waals surface area contributed by atoms with Crippen LogP contribution in [-0.2, 0) is 27.3 Å². The molecule has 3 amide bonds. The Kier molecular flexibility index (Phi) is 10.6. The van der Waals surface area contributed by atoms with Gasteiger partial charge in [0.2, 0.25) is 17.7 Å². The van der Waals surface area contributed by atoms with Crippen molar-refractivity contribution >= 4 is 28.7 Å². The summed E-state index contributed by atoms with van der Waals surface area (Å²) in [6, 6.07) is 15.3. The van der Waals surface area contributed by atoms with Crippen LogP contribution in [0.25, 0.3) is 11.0 Å². The molecule has 0 fully saturated rings. The molecule has 0 bridgehead atoms. The predicted molar refractivity (Wildman–Crippen MR) is 142 cm³/mol. The summed E-state index contributed by atoms with van der Waals surface area (Å²) in [5, 5.41) is 6.59. The summed E-state index contributed by atoms with van der Waals surface area (Å²) in [6.45, 7) is 1.51. The molecule has 0 saturated carbocycles. The minimum absolute atomic E-state index is 0.205. The van der Waals surface area contributed by atoms with E-state index in [1.807, 2.05) is 54.6 Å². The average molecular weight is 509 g/mol. The molecule has 1 heterocycles. The Morgan fingerprint density at radius 1 is 0.919 bits per heavy atom. The molecule has 0 aliphatic heterocycles. The molecule has 1 aromatic heterocycles. The number of rotatable bonds is 14. The Bertz CT molecular complexity index is 1160. The van der Waals surface area contributed by atoms with Gasteiger partial charge >= 0.3 is 0 Å². The molecule has 10 nitrogen and oxygen atoms in total. The second-order valence-electron chi connectivity index (χ2n) is 8.86. The molecule has 2 atom stereocenters. The highest BCUT2D eigenvalue weighted by molar-refractivity contribution is 5.92. The molecule has 3 aromatic rings. The summed E-state index contributed by atoms with van der Waals surface area (Å²) in [7, 11) is 0. The zero-order valence-corrected chi connectivity index (χ0v) is 20.9. The van der Waals surface area contributed by atoms with Gasteiger partial charge in [0.15, 0.2) is 0 Å². The van der Waals surface area contributed by atoms with E-state index in [4.69, 9.17) is 21.6 Å². The van der Waals surface area contributed by atoms with Crippen LogP contribution in [0.5, 0.6) is 0 Å². The van der Waals surface area contributed by atoms with Crippen molar-refractivity contribution in [1.82, 2.24) is 15.5 Å². The number of carbonyl (C=O) groups is 3. The lowest BCUT2D eigenvalue weighted by molar-refractivity contribution is -0.135. The monoisotopic (exact) mass is 508 g/mol. The fourth-order valence-electron chi connectivity index (χ4n) is 4.02. The van der Waals surface area contributed by atoms with Crippen LogP contribution in [0.2, 0.25) is 0 Å². The first-order chi connectivity index (χ1) is 17.9. The third-order valence-corrected chi connectivity index (χ3v) is 6.06. The van der Waals surface area contributed by atoms with Gasteiger partial charge in [-0.25, -0.2) is 0 Å². The number of nitrogens with zero attached hydrogens (tertiary/aromatic N) is 1. The third-order valence-electron chi connectivity index (χ3n) is 6.06. The predicted octanol–water partition coefficient (Wildman–Crippen LogP) is 0.630. The van der Waals surface area contributed by atoms with Crippen LogP contribution in [-0.4, -0.2) is 60.9 Å². The molecule has 0 radical (unpaired) electrons. The van der Waals surface area contributed by atoms with Gasteiger partial charge in [-0.2, -0.15) is 0 Å². The van der Waals surface area contributed by atoms with Crippen molar-refractivity contribution in [3.8, 4) is 0 Å². The fourth-order valence-corrected chi connectivity index (χ4v) is 4.02. The van der Waals surface area contributed by atoms with E-state index in [0.29, 0.717) is 25.9 Å². The van der Waals surface area contributed by atoms with E-state index in [1.54, 1.807) is 6.26 Å². The lowest BCUT2D eigenvalue weighted by atomic mass is 10.0. The molecule has 3 rings (SSSR count). The molecule has 37 heavy (non-hydrogen) atoms. The SMILES string of the molecule is NCCN(CCN)C(=O)C[C@H](N)C(=O)N[C@@H](CCc1ccccc1)C(=O)NCc1ccc2occc2c1. The Morgan fingerprint density at radius 2 is 1.65 bits per heavy atom. The molecular weight excluding hydrogens is 472 g/mol. The van der Waals surface area contributed by atoms with E-state index in [1.165, 1.54) is 4.90 Å². The summed E-state index contributed by atoms with van der Waals surface area (Å²) in [5.41, 5.74) is 19.9. The average Bonchev–Trinajstić information content (AvgIpc) is 3.38. The van der Waals surface area contributed by atoms with Gasteiger partial charge in [-0.3, -0.25) is 14.4 Å². The van der Waals surface area contributed by atoms with E-state index in [2.05, 4.69) is 10.6 Å². The highest BCUT2D eigenvalue weighted by Crippen LogP contribution is 2.17. The molecule has 0 aliphatic rings. The van der Waals surface area contributed by atoms with Gasteiger partial charge < -0.3 is 37.2 Å². The van der Waals surface area contributed by atoms with Crippen molar-refractivity contribution in [2.75, 3.05) is 26.2 Å². The first kappa shape index (κ1) is 27.9. The quantitative estimate of drug-likeness (QED) is 0.213. The zero-order chi connectivity index (χ0) is 26.6. The van der Waals surface area contributed by atoms with Gasteiger partial charge in [-0.05, 0) is 42.2 Å². The standard InChI is InChI=1S/C27H36N6O4/c28-11-13-33(14-12-29)25(34)17-22(30)26(35)32-23(8-6-19-4-2-1-3-5-19)27(36)31-18-20-7-9-24-21(16-20)10-15-37-24/h1-5,7,9-10,15-16,22-23H,6,8,11-14,17-18,28-30H2,(H,31,36)(H,32,35)/t22-,23-/m0/s1. The van der Waals surface area contributed by atoms with Gasteiger partial charge in [0, 0.05) is 38.1 Å². The first-order valence-corrected chi connectivity index (χ1v) is 12.4. The smallest absolute Gasteiger partial charge is 0.242 e. The normalized spacial score (nSPS) is 12.6. The number of furan rings is 1. The van der Waals surface area contributed by atoms with Crippen molar-refractivity contribution in [2.45, 2.75) is 37.9 Å². The van der Waals surface area contributed by atoms with Crippen LogP contribution >= 0.6 is 0 Å². The van der Waals surface area contributed by atoms with Crippen molar-refractivity contribution in [2.24, 2.45) is 17.2 Å². The summed E-state index contributed by atoms with van der Waals surface area (Å²) >= 11 is 0. The number of nitrogens with two attached hydrogens (primary N) is 3. The van der Waals surface area contributed by atoms with Crippen LogP contribution in [0.15, 0.2) is 65.3 Å². The number of hydrogen-bond acceptors (Lipinski definition) is 7. The van der Waals surface area contributed by atoms with Crippen LogP contribution in [0.1, 0.15) is 24.0 Å². The molecule has 0 unspecified atom stereocenters. The molecule has 0 saturated heterocycles. The summed E-state index contributed by atoms with van der Waals surface area (Å²) in [5.74, 6) is -1.21. The zero-order valence-electron chi connectivity index (χ0n) is 20.9. The maximum absolute atomic E-state index is 13.1. The molecule has 0 aliphatic carbocycles. The molecule has 2 aromatic carbocycles. The second kappa shape index (κ2) is 14.1. The van der Waals surface area contributed by atoms with Gasteiger partial charge in [0.1, 0.15) is 11.6 Å². The van der Waals surface area contributed by atoms with Crippen molar-refractivity contribution in [3.63, 3.8) is 0 Å². The summed E-state index contributed by atoms with van der Waals surface area (Å²) in [4.78, 5) is 40.1. The number of hydrogen-bond donors (Lipinski definition) is 5. The Balaban J connectivity index is 1.63. The van der Waals surface area contributed by atoms with Crippen LogP contribution < -0.4 is 27.8 Å². The molecule has 198 valence electrons. The summed E-state index contributed by atoms with van der Waals surface area (Å²) < 4.78 is 5.36. The minimum atomic E-state index is -1.11. The third kappa shape index (κ3) is 8.42. The van der Waals surface area contributed by atoms with E-state index in [0.717, 1.165) is 22.1 Å². The Hall–Kier alpha value is -3.73. The van der Waals surface area contributed by atoms with E-state index in [-0.39, 0.29) is 37.9 Å². The van der Waals surface area contributed by atoms with E-state index >= 15 is 0 Å². The van der Waals surface area contributed by atoms with E-state index < -0.39 is 18.0 Å². The Labute approximate surface area is 216 Å². The highest BCUT2D eigenvalue weighted by atomic mass is 16.3. The molecule has 0 spiro atoms. The van der Waals surface area contributed by atoms with Gasteiger partial charge in [-0.1, -0.05) is 36.4 Å². The van der Waals surface area contributed by atoms with Crippen molar-refractivity contribution in [1.29, 1.82) is 0 Å².